The molecule has 1 aliphatic heterocycles. The van der Waals surface area contributed by atoms with Gasteiger partial charge in [-0.25, -0.2) is 18.7 Å². The first-order valence-electron chi connectivity index (χ1n) is 13.6. The first-order valence-corrected chi connectivity index (χ1v) is 13.6. The maximum Gasteiger partial charge on any atom is 0.338 e. The second kappa shape index (κ2) is 10.1. The van der Waals surface area contributed by atoms with E-state index in [1.165, 1.54) is 6.07 Å². The van der Waals surface area contributed by atoms with E-state index < -0.39 is 22.8 Å². The molecule has 2 aliphatic rings. The molecule has 3 aromatic rings. The van der Waals surface area contributed by atoms with E-state index in [4.69, 9.17) is 4.74 Å². The van der Waals surface area contributed by atoms with E-state index in [0.717, 1.165) is 42.6 Å². The minimum Gasteiger partial charge on any atom is -0.512 e. The highest BCUT2D eigenvalue weighted by molar-refractivity contribution is 5.90. The normalized spacial score (nSPS) is 20.5. The molecule has 1 saturated carbocycles. The van der Waals surface area contributed by atoms with E-state index in [9.17, 15) is 19.6 Å². The van der Waals surface area contributed by atoms with E-state index in [2.05, 4.69) is 21.1 Å². The van der Waals surface area contributed by atoms with Gasteiger partial charge < -0.3 is 9.84 Å². The number of hydrogen-bond donors (Lipinski definition) is 1. The number of ether oxygens (including phenoxy) is 1. The van der Waals surface area contributed by atoms with Gasteiger partial charge in [0.1, 0.15) is 17.2 Å². The minimum atomic E-state index is -0.928. The molecule has 39 heavy (non-hydrogen) atoms. The van der Waals surface area contributed by atoms with Gasteiger partial charge in [-0.3, -0.25) is 0 Å². The minimum absolute atomic E-state index is 0.00941. The van der Waals surface area contributed by atoms with Crippen LogP contribution in [0, 0.1) is 36.9 Å². The quantitative estimate of drug-likeness (QED) is 0.398. The third-order valence-corrected chi connectivity index (χ3v) is 8.28. The Kier molecular flexibility index (Phi) is 6.91. The molecule has 1 fully saturated rings. The van der Waals surface area contributed by atoms with E-state index in [0.29, 0.717) is 30.0 Å². The summed E-state index contributed by atoms with van der Waals surface area (Å²) in [6, 6.07) is 9.01. The lowest BCUT2D eigenvalue weighted by atomic mass is 9.76. The van der Waals surface area contributed by atoms with Crippen LogP contribution in [0.3, 0.4) is 0 Å². The molecule has 1 atom stereocenters. The molecular weight excluding hydrogens is 497 g/mol. The second-order valence-corrected chi connectivity index (χ2v) is 11.5. The molecule has 5 rings (SSSR count). The Hall–Kier alpha value is -3.80. The summed E-state index contributed by atoms with van der Waals surface area (Å²) in [5, 5.41) is 25.0. The summed E-state index contributed by atoms with van der Waals surface area (Å²) in [6.45, 7) is 7.17. The molecule has 8 nitrogen and oxygen atoms in total. The Morgan fingerprint density at radius 1 is 1.23 bits per heavy atom. The summed E-state index contributed by atoms with van der Waals surface area (Å²) in [7, 11) is 0. The van der Waals surface area contributed by atoms with E-state index >= 15 is 0 Å². The van der Waals surface area contributed by atoms with E-state index in [-0.39, 0.29) is 30.1 Å². The number of rotatable bonds is 7. The zero-order valence-corrected chi connectivity index (χ0v) is 22.9. The van der Waals surface area contributed by atoms with Crippen molar-refractivity contribution >= 4 is 11.7 Å². The lowest BCUT2D eigenvalue weighted by molar-refractivity contribution is -0.167. The second-order valence-electron chi connectivity index (χ2n) is 11.5. The Morgan fingerprint density at radius 2 is 1.97 bits per heavy atom. The molecule has 3 heterocycles. The summed E-state index contributed by atoms with van der Waals surface area (Å²) in [6.07, 6.45) is 5.13. The van der Waals surface area contributed by atoms with Gasteiger partial charge in [-0.1, -0.05) is 25.0 Å². The van der Waals surface area contributed by atoms with Crippen LogP contribution in [0.1, 0.15) is 80.7 Å². The van der Waals surface area contributed by atoms with Crippen LogP contribution in [0.4, 0.5) is 4.39 Å². The Balaban J connectivity index is 1.39. The number of benzene rings is 1. The van der Waals surface area contributed by atoms with Gasteiger partial charge in [-0.2, -0.15) is 10.2 Å². The predicted molar refractivity (Wildman–Crippen MR) is 142 cm³/mol. The number of fused-ring (bicyclic) bond motifs is 1. The zero-order valence-electron chi connectivity index (χ0n) is 22.9. The summed E-state index contributed by atoms with van der Waals surface area (Å²) in [4.78, 5) is 22.2. The van der Waals surface area contributed by atoms with Gasteiger partial charge in [0.2, 0.25) is 0 Å². The number of hydrogen-bond acceptors (Lipinski definition) is 7. The molecule has 0 unspecified atom stereocenters. The number of aryl methyl sites for hydroxylation is 3. The van der Waals surface area contributed by atoms with Gasteiger partial charge in [0, 0.05) is 29.8 Å². The van der Waals surface area contributed by atoms with Crippen molar-refractivity contribution in [3.63, 3.8) is 0 Å². The van der Waals surface area contributed by atoms with Crippen molar-refractivity contribution in [1.29, 1.82) is 5.26 Å². The van der Waals surface area contributed by atoms with Crippen molar-refractivity contribution in [2.24, 2.45) is 5.92 Å². The van der Waals surface area contributed by atoms with Crippen LogP contribution in [0.5, 0.6) is 0 Å². The highest BCUT2D eigenvalue weighted by Crippen LogP contribution is 2.46. The number of nitriles is 1. The van der Waals surface area contributed by atoms with Gasteiger partial charge in [0.15, 0.2) is 5.82 Å². The van der Waals surface area contributed by atoms with Crippen LogP contribution in [0.15, 0.2) is 35.6 Å². The first-order chi connectivity index (χ1) is 18.5. The topological polar surface area (TPSA) is 113 Å². The molecule has 0 radical (unpaired) electrons. The smallest absolute Gasteiger partial charge is 0.338 e. The molecule has 204 valence electrons. The van der Waals surface area contributed by atoms with Crippen molar-refractivity contribution in [3.05, 3.63) is 69.8 Å². The number of aliphatic hydroxyl groups is 1. The lowest BCUT2D eigenvalue weighted by Gasteiger charge is -2.41. The van der Waals surface area contributed by atoms with E-state index in [1.54, 1.807) is 24.4 Å². The fourth-order valence-corrected chi connectivity index (χ4v) is 6.07. The molecule has 0 bridgehead atoms. The zero-order chi connectivity index (χ0) is 27.9. The average Bonchev–Trinajstić information content (AvgIpc) is 3.56. The first kappa shape index (κ1) is 26.8. The molecule has 2 aromatic heterocycles. The van der Waals surface area contributed by atoms with Crippen LogP contribution in [0.25, 0.3) is 5.78 Å². The maximum absolute atomic E-state index is 14.9. The van der Waals surface area contributed by atoms with Crippen LogP contribution >= 0.6 is 0 Å². The Morgan fingerprint density at radius 3 is 2.64 bits per heavy atom. The number of carbonyl (C=O) groups is 1. The van der Waals surface area contributed by atoms with Crippen LogP contribution in [-0.4, -0.2) is 36.3 Å². The van der Waals surface area contributed by atoms with Gasteiger partial charge in [0.25, 0.3) is 5.78 Å². The fourth-order valence-electron chi connectivity index (χ4n) is 6.07. The van der Waals surface area contributed by atoms with Crippen molar-refractivity contribution in [2.45, 2.75) is 90.1 Å². The van der Waals surface area contributed by atoms with Gasteiger partial charge >= 0.3 is 5.97 Å². The monoisotopic (exact) mass is 531 g/mol. The molecule has 0 amide bonds. The summed E-state index contributed by atoms with van der Waals surface area (Å²) in [5.41, 5.74) is 1.20. The number of nitrogens with zero attached hydrogens (tertiary/aromatic N) is 5. The SMILES string of the molecule is Cc1cc(C)n2nc(CC3=C(O)C[C@](CCc4ccc(C(C)(C)C#N)c(F)c4)(C4CCCC4)OC3=O)nc2n1. The summed E-state index contributed by atoms with van der Waals surface area (Å²) in [5.74, 6) is -0.00493. The molecule has 0 saturated heterocycles. The molecule has 0 spiro atoms. The molecular formula is C30H34FN5O3. The lowest BCUT2D eigenvalue weighted by Crippen LogP contribution is -2.46. The predicted octanol–water partition coefficient (Wildman–Crippen LogP) is 5.54. The van der Waals surface area contributed by atoms with Crippen LogP contribution in [0.2, 0.25) is 0 Å². The number of cyclic esters (lactones) is 1. The third-order valence-electron chi connectivity index (χ3n) is 8.28. The molecule has 9 heteroatoms. The van der Waals surface area contributed by atoms with Crippen molar-refractivity contribution in [1.82, 2.24) is 19.6 Å². The Labute approximate surface area is 227 Å². The Bertz CT molecular complexity index is 1510. The number of halogens is 1. The summed E-state index contributed by atoms with van der Waals surface area (Å²) >= 11 is 0. The number of esters is 1. The van der Waals surface area contributed by atoms with Crippen LogP contribution in [-0.2, 0) is 27.8 Å². The fraction of sp³-hybridized carbons (Fsp3) is 0.500. The van der Waals surface area contributed by atoms with Crippen LogP contribution < -0.4 is 0 Å². The number of aliphatic hydroxyl groups excluding tert-OH is 1. The average molecular weight is 532 g/mol. The highest BCUT2D eigenvalue weighted by atomic mass is 19.1. The molecule has 1 N–H and O–H groups in total. The number of aromatic nitrogens is 4. The van der Waals surface area contributed by atoms with Crippen molar-refractivity contribution in [2.75, 3.05) is 0 Å². The highest BCUT2D eigenvalue weighted by Gasteiger charge is 2.48. The standard InChI is InChI=1S/C30H34FN5O3/c1-18-13-19(2)36-28(33-18)34-26(35-36)15-22-25(37)16-30(39-27(22)38,21-7-5-6-8-21)12-11-20-9-10-23(24(31)14-20)29(3,4)17-32/h9-10,13-14,21,37H,5-8,11-12,15-16H2,1-4H3/t30-/m1/s1. The van der Waals surface area contributed by atoms with Gasteiger partial charge in [-0.15, -0.1) is 5.10 Å². The van der Waals surface area contributed by atoms with Gasteiger partial charge in [0.05, 0.1) is 17.1 Å². The van der Waals surface area contributed by atoms with E-state index in [1.807, 2.05) is 26.0 Å². The molecule has 1 aliphatic carbocycles. The van der Waals surface area contributed by atoms with Crippen molar-refractivity contribution in [3.8, 4) is 6.07 Å². The van der Waals surface area contributed by atoms with Crippen molar-refractivity contribution < 1.29 is 19.0 Å². The van der Waals surface area contributed by atoms with Gasteiger partial charge in [-0.05, 0) is 77.0 Å². The number of carbonyl (C=O) groups excluding carboxylic acids is 1. The maximum atomic E-state index is 14.9. The largest absolute Gasteiger partial charge is 0.512 e. The summed E-state index contributed by atoms with van der Waals surface area (Å²) < 4.78 is 22.7. The third kappa shape index (κ3) is 5.12. The molecule has 1 aromatic carbocycles.